The molecule has 0 amide bonds. The minimum Gasteiger partial charge on any atom is -0.478 e. The van der Waals surface area contributed by atoms with Crippen LogP contribution in [-0.4, -0.2) is 25.4 Å². The molecule has 0 bridgehead atoms. The Morgan fingerprint density at radius 3 is 2.75 bits per heavy atom. The van der Waals surface area contributed by atoms with Crippen LogP contribution in [0, 0.1) is 6.92 Å². The lowest BCUT2D eigenvalue weighted by Crippen LogP contribution is -2.22. The van der Waals surface area contributed by atoms with Gasteiger partial charge in [0.1, 0.15) is 0 Å². The predicted molar refractivity (Wildman–Crippen MR) is 74.4 cm³/mol. The fourth-order valence-electron chi connectivity index (χ4n) is 1.96. The minimum atomic E-state index is -1.08. The molecular formula is C13H14ClN3O3. The summed E-state index contributed by atoms with van der Waals surface area (Å²) in [5, 5.41) is 13.7. The maximum absolute atomic E-state index is 11.8. The molecule has 7 heteroatoms. The van der Waals surface area contributed by atoms with E-state index < -0.39 is 5.97 Å². The van der Waals surface area contributed by atoms with Crippen LogP contribution in [0.4, 0.5) is 0 Å². The third-order valence-electron chi connectivity index (χ3n) is 3.00. The van der Waals surface area contributed by atoms with Gasteiger partial charge in [-0.2, -0.15) is 5.10 Å². The Hall–Kier alpha value is -2.08. The molecule has 0 unspecified atom stereocenters. The van der Waals surface area contributed by atoms with Gasteiger partial charge in [0, 0.05) is 18.8 Å². The van der Waals surface area contributed by atoms with Gasteiger partial charge in [0.2, 0.25) is 0 Å². The van der Waals surface area contributed by atoms with Crippen molar-refractivity contribution in [2.75, 3.05) is 0 Å². The minimum absolute atomic E-state index is 0.0556. The molecule has 2 heterocycles. The first-order valence-corrected chi connectivity index (χ1v) is 6.47. The Balaban J connectivity index is 2.47. The molecule has 2 rings (SSSR count). The fourth-order valence-corrected chi connectivity index (χ4v) is 2.16. The highest BCUT2D eigenvalue weighted by atomic mass is 35.5. The molecule has 0 fully saturated rings. The Morgan fingerprint density at radius 2 is 2.15 bits per heavy atom. The Morgan fingerprint density at radius 1 is 1.45 bits per heavy atom. The predicted octanol–water partition coefficient (Wildman–Crippen LogP) is 1.77. The zero-order valence-electron chi connectivity index (χ0n) is 11.1. The molecule has 2 aromatic heterocycles. The number of hydrogen-bond acceptors (Lipinski definition) is 3. The maximum Gasteiger partial charge on any atom is 0.337 e. The summed E-state index contributed by atoms with van der Waals surface area (Å²) < 4.78 is 3.02. The van der Waals surface area contributed by atoms with Crippen molar-refractivity contribution < 1.29 is 9.90 Å². The summed E-state index contributed by atoms with van der Waals surface area (Å²) in [6, 6.07) is 2.52. The van der Waals surface area contributed by atoms with Crippen LogP contribution < -0.4 is 5.56 Å². The van der Waals surface area contributed by atoms with E-state index in [0.29, 0.717) is 23.0 Å². The average molecular weight is 296 g/mol. The van der Waals surface area contributed by atoms with Gasteiger partial charge in [-0.3, -0.25) is 9.48 Å². The highest BCUT2D eigenvalue weighted by Gasteiger charge is 2.14. The van der Waals surface area contributed by atoms with Gasteiger partial charge >= 0.3 is 5.97 Å². The number of aromatic nitrogens is 3. The van der Waals surface area contributed by atoms with Crippen LogP contribution in [0.15, 0.2) is 23.1 Å². The number of halogens is 1. The van der Waals surface area contributed by atoms with Crippen LogP contribution in [-0.2, 0) is 13.1 Å². The second-order valence-corrected chi connectivity index (χ2v) is 4.73. The molecule has 0 aromatic carbocycles. The van der Waals surface area contributed by atoms with Crippen molar-refractivity contribution in [3.63, 3.8) is 0 Å². The zero-order valence-corrected chi connectivity index (χ0v) is 11.9. The van der Waals surface area contributed by atoms with Gasteiger partial charge in [-0.25, -0.2) is 4.79 Å². The molecule has 0 aliphatic heterocycles. The van der Waals surface area contributed by atoms with E-state index in [-0.39, 0.29) is 17.7 Å². The normalized spacial score (nSPS) is 10.8. The van der Waals surface area contributed by atoms with Crippen LogP contribution in [0.25, 0.3) is 0 Å². The summed E-state index contributed by atoms with van der Waals surface area (Å²) in [7, 11) is 0. The highest BCUT2D eigenvalue weighted by Crippen LogP contribution is 2.20. The van der Waals surface area contributed by atoms with Gasteiger partial charge in [0.15, 0.2) is 0 Å². The number of pyridine rings is 1. The van der Waals surface area contributed by atoms with Crippen molar-refractivity contribution in [2.45, 2.75) is 26.9 Å². The van der Waals surface area contributed by atoms with Crippen molar-refractivity contribution in [1.29, 1.82) is 0 Å². The summed E-state index contributed by atoms with van der Waals surface area (Å²) in [6.07, 6.45) is 1.31. The van der Waals surface area contributed by atoms with E-state index in [9.17, 15) is 9.59 Å². The summed E-state index contributed by atoms with van der Waals surface area (Å²) >= 11 is 6.18. The maximum atomic E-state index is 11.8. The van der Waals surface area contributed by atoms with E-state index in [1.807, 2.05) is 6.92 Å². The van der Waals surface area contributed by atoms with Gasteiger partial charge in [0.05, 0.1) is 28.5 Å². The van der Waals surface area contributed by atoms with Gasteiger partial charge in [-0.1, -0.05) is 11.6 Å². The lowest BCUT2D eigenvalue weighted by molar-refractivity contribution is 0.0696. The van der Waals surface area contributed by atoms with Crippen molar-refractivity contribution in [2.24, 2.45) is 0 Å². The first-order valence-electron chi connectivity index (χ1n) is 6.09. The number of rotatable bonds is 4. The second kappa shape index (κ2) is 5.50. The van der Waals surface area contributed by atoms with E-state index in [4.69, 9.17) is 16.7 Å². The van der Waals surface area contributed by atoms with Gasteiger partial charge in [0.25, 0.3) is 5.56 Å². The molecule has 0 spiro atoms. The van der Waals surface area contributed by atoms with E-state index in [0.717, 1.165) is 0 Å². The quantitative estimate of drug-likeness (QED) is 0.932. The van der Waals surface area contributed by atoms with E-state index in [1.165, 1.54) is 22.9 Å². The summed E-state index contributed by atoms with van der Waals surface area (Å²) in [6.45, 7) is 4.51. The topological polar surface area (TPSA) is 77.1 Å². The van der Waals surface area contributed by atoms with E-state index in [1.54, 1.807) is 11.6 Å². The van der Waals surface area contributed by atoms with Gasteiger partial charge in [-0.15, -0.1) is 0 Å². The van der Waals surface area contributed by atoms with Gasteiger partial charge in [-0.05, 0) is 19.9 Å². The van der Waals surface area contributed by atoms with E-state index >= 15 is 0 Å². The largest absolute Gasteiger partial charge is 0.478 e. The first kappa shape index (κ1) is 14.3. The number of carbonyl (C=O) groups is 1. The molecule has 0 saturated heterocycles. The van der Waals surface area contributed by atoms with Crippen LogP contribution >= 0.6 is 11.6 Å². The first-order chi connectivity index (χ1) is 9.43. The number of carboxylic acids is 1. The second-order valence-electron chi connectivity index (χ2n) is 4.35. The van der Waals surface area contributed by atoms with Gasteiger partial charge < -0.3 is 9.67 Å². The fraction of sp³-hybridized carbons (Fsp3) is 0.308. The molecule has 106 valence electrons. The number of nitrogens with zero attached hydrogens (tertiary/aromatic N) is 3. The van der Waals surface area contributed by atoms with Crippen molar-refractivity contribution >= 4 is 17.6 Å². The molecule has 1 N–H and O–H groups in total. The van der Waals surface area contributed by atoms with Crippen molar-refractivity contribution in [1.82, 2.24) is 14.3 Å². The van der Waals surface area contributed by atoms with Crippen LogP contribution in [0.2, 0.25) is 5.02 Å². The number of aromatic carboxylic acids is 1. The monoisotopic (exact) mass is 295 g/mol. The standard InChI is InChI=1S/C13H14ClN3O3/c1-3-17-10(12(14)8(2)15-17)7-16-6-9(13(19)20)4-5-11(16)18/h4-6H,3,7H2,1-2H3,(H,19,20). The van der Waals surface area contributed by atoms with E-state index in [2.05, 4.69) is 5.10 Å². The zero-order chi connectivity index (χ0) is 14.9. The molecule has 0 aliphatic rings. The molecule has 0 radical (unpaired) electrons. The van der Waals surface area contributed by atoms with Crippen LogP contribution in [0.1, 0.15) is 28.7 Å². The Labute approximate surface area is 120 Å². The lowest BCUT2D eigenvalue weighted by Gasteiger charge is -2.09. The SMILES string of the molecule is CCn1nc(C)c(Cl)c1Cn1cc(C(=O)O)ccc1=O. The lowest BCUT2D eigenvalue weighted by atomic mass is 10.2. The molecule has 0 atom stereocenters. The third-order valence-corrected chi connectivity index (χ3v) is 3.50. The summed E-state index contributed by atoms with van der Waals surface area (Å²) in [5.41, 5.74) is 1.15. The molecular weight excluding hydrogens is 282 g/mol. The smallest absolute Gasteiger partial charge is 0.337 e. The summed E-state index contributed by atoms with van der Waals surface area (Å²) in [5.74, 6) is -1.08. The molecule has 2 aromatic rings. The summed E-state index contributed by atoms with van der Waals surface area (Å²) in [4.78, 5) is 22.8. The molecule has 0 saturated carbocycles. The number of hydrogen-bond donors (Lipinski definition) is 1. The highest BCUT2D eigenvalue weighted by molar-refractivity contribution is 6.31. The number of carboxylic acid groups (broad SMARTS) is 1. The van der Waals surface area contributed by atoms with Crippen molar-refractivity contribution in [3.05, 3.63) is 50.7 Å². The van der Waals surface area contributed by atoms with Crippen LogP contribution in [0.5, 0.6) is 0 Å². The van der Waals surface area contributed by atoms with Crippen molar-refractivity contribution in [3.8, 4) is 0 Å². The number of aryl methyl sites for hydroxylation is 2. The molecule has 20 heavy (non-hydrogen) atoms. The Bertz CT molecular complexity index is 718. The Kier molecular flexibility index (Phi) is 3.94. The molecule has 6 nitrogen and oxygen atoms in total. The molecule has 0 aliphatic carbocycles. The third kappa shape index (κ3) is 2.60. The van der Waals surface area contributed by atoms with Crippen LogP contribution in [0.3, 0.4) is 0 Å². The average Bonchev–Trinajstić information content (AvgIpc) is 2.68.